The van der Waals surface area contributed by atoms with Crippen LogP contribution in [-0.4, -0.2) is 17.1 Å². The van der Waals surface area contributed by atoms with Gasteiger partial charge in [-0.05, 0) is 36.6 Å². The van der Waals surface area contributed by atoms with Crippen LogP contribution >= 0.6 is 0 Å². The van der Waals surface area contributed by atoms with Crippen molar-refractivity contribution < 1.29 is 9.90 Å². The number of carbonyl (C=O) groups is 1. The van der Waals surface area contributed by atoms with E-state index in [9.17, 15) is 9.90 Å². The van der Waals surface area contributed by atoms with Gasteiger partial charge in [0.1, 0.15) is 5.75 Å². The molecule has 4 heteroatoms. The Labute approximate surface area is 124 Å². The third-order valence-corrected chi connectivity index (χ3v) is 3.39. The zero-order valence-electron chi connectivity index (χ0n) is 12.0. The van der Waals surface area contributed by atoms with Gasteiger partial charge in [-0.3, -0.25) is 4.79 Å². The Balaban J connectivity index is 1.92. The van der Waals surface area contributed by atoms with E-state index in [2.05, 4.69) is 5.32 Å². The van der Waals surface area contributed by atoms with Crippen molar-refractivity contribution in [2.24, 2.45) is 5.73 Å². The van der Waals surface area contributed by atoms with Gasteiger partial charge in [0.2, 0.25) is 5.91 Å². The number of nitrogens with two attached hydrogens (primary N) is 1. The van der Waals surface area contributed by atoms with Crippen LogP contribution in [0.2, 0.25) is 0 Å². The fourth-order valence-electron chi connectivity index (χ4n) is 2.12. The van der Waals surface area contributed by atoms with Crippen molar-refractivity contribution in [3.05, 3.63) is 65.7 Å². The standard InChI is InChI=1S/C17H20N2O2/c1-12(14-5-3-2-4-6-14)19-17(21)16(18)11-13-7-9-15(20)10-8-13/h2-10,12,16,20H,11,18H2,1H3,(H,19,21)/t12-,16-/m1/s1. The Hall–Kier alpha value is -2.33. The molecule has 2 rings (SSSR count). The number of carbonyl (C=O) groups excluding carboxylic acids is 1. The van der Waals surface area contributed by atoms with Crippen molar-refractivity contribution in [2.45, 2.75) is 25.4 Å². The molecule has 0 aromatic heterocycles. The molecule has 0 unspecified atom stereocenters. The van der Waals surface area contributed by atoms with E-state index < -0.39 is 6.04 Å². The van der Waals surface area contributed by atoms with Gasteiger partial charge in [0, 0.05) is 0 Å². The molecule has 2 aromatic carbocycles. The Morgan fingerprint density at radius 1 is 1.14 bits per heavy atom. The summed E-state index contributed by atoms with van der Waals surface area (Å²) in [5.74, 6) is 0.0221. The van der Waals surface area contributed by atoms with Crippen LogP contribution in [0.3, 0.4) is 0 Å². The molecule has 0 radical (unpaired) electrons. The van der Waals surface area contributed by atoms with Gasteiger partial charge in [-0.15, -0.1) is 0 Å². The summed E-state index contributed by atoms with van der Waals surface area (Å²) in [6, 6.07) is 15.8. The molecule has 0 heterocycles. The predicted octanol–water partition coefficient (Wildman–Crippen LogP) is 2.14. The highest BCUT2D eigenvalue weighted by Gasteiger charge is 2.16. The van der Waals surface area contributed by atoms with Crippen molar-refractivity contribution in [2.75, 3.05) is 0 Å². The Morgan fingerprint density at radius 2 is 1.76 bits per heavy atom. The highest BCUT2D eigenvalue weighted by Crippen LogP contribution is 2.13. The number of hydrogen-bond donors (Lipinski definition) is 3. The van der Waals surface area contributed by atoms with E-state index in [4.69, 9.17) is 5.73 Å². The van der Waals surface area contributed by atoms with Crippen molar-refractivity contribution in [3.63, 3.8) is 0 Å². The minimum Gasteiger partial charge on any atom is -0.508 e. The number of benzene rings is 2. The lowest BCUT2D eigenvalue weighted by Gasteiger charge is -2.18. The maximum absolute atomic E-state index is 12.1. The predicted molar refractivity (Wildman–Crippen MR) is 82.8 cm³/mol. The fraction of sp³-hybridized carbons (Fsp3) is 0.235. The highest BCUT2D eigenvalue weighted by molar-refractivity contribution is 5.82. The van der Waals surface area contributed by atoms with Gasteiger partial charge in [0.25, 0.3) is 0 Å². The lowest BCUT2D eigenvalue weighted by Crippen LogP contribution is -2.42. The Morgan fingerprint density at radius 3 is 2.38 bits per heavy atom. The Bertz CT molecular complexity index is 581. The SMILES string of the molecule is C[C@@H](NC(=O)[C@H](N)Cc1ccc(O)cc1)c1ccccc1. The first kappa shape index (κ1) is 15.1. The molecule has 1 amide bonds. The number of phenolic OH excluding ortho intramolecular Hbond substituents is 1. The smallest absolute Gasteiger partial charge is 0.237 e. The van der Waals surface area contributed by atoms with Crippen LogP contribution in [0.15, 0.2) is 54.6 Å². The first-order chi connectivity index (χ1) is 10.1. The molecule has 0 fully saturated rings. The minimum atomic E-state index is -0.610. The summed E-state index contributed by atoms with van der Waals surface area (Å²) >= 11 is 0. The van der Waals surface area contributed by atoms with E-state index in [0.717, 1.165) is 11.1 Å². The van der Waals surface area contributed by atoms with Gasteiger partial charge in [-0.1, -0.05) is 42.5 Å². The van der Waals surface area contributed by atoms with Crippen LogP contribution < -0.4 is 11.1 Å². The largest absolute Gasteiger partial charge is 0.508 e. The molecule has 0 saturated carbocycles. The molecule has 2 atom stereocenters. The van der Waals surface area contributed by atoms with Gasteiger partial charge < -0.3 is 16.2 Å². The van der Waals surface area contributed by atoms with Crippen molar-refractivity contribution >= 4 is 5.91 Å². The summed E-state index contributed by atoms with van der Waals surface area (Å²) in [5.41, 5.74) is 7.90. The number of hydrogen-bond acceptors (Lipinski definition) is 3. The molecular formula is C17H20N2O2. The van der Waals surface area contributed by atoms with Gasteiger partial charge >= 0.3 is 0 Å². The molecule has 0 aliphatic heterocycles. The quantitative estimate of drug-likeness (QED) is 0.787. The van der Waals surface area contributed by atoms with Gasteiger partial charge in [-0.25, -0.2) is 0 Å². The highest BCUT2D eigenvalue weighted by atomic mass is 16.3. The molecular weight excluding hydrogens is 264 g/mol. The number of nitrogens with one attached hydrogen (secondary N) is 1. The van der Waals surface area contributed by atoms with Crippen molar-refractivity contribution in [1.29, 1.82) is 0 Å². The molecule has 2 aromatic rings. The number of aromatic hydroxyl groups is 1. The molecule has 0 bridgehead atoms. The van der Waals surface area contributed by atoms with E-state index in [1.807, 2.05) is 37.3 Å². The topological polar surface area (TPSA) is 75.4 Å². The summed E-state index contributed by atoms with van der Waals surface area (Å²) in [6.07, 6.45) is 0.438. The van der Waals surface area contributed by atoms with Crippen LogP contribution in [-0.2, 0) is 11.2 Å². The summed E-state index contributed by atoms with van der Waals surface area (Å²) in [7, 11) is 0. The molecule has 0 spiro atoms. The summed E-state index contributed by atoms with van der Waals surface area (Å²) in [5, 5.41) is 12.1. The average molecular weight is 284 g/mol. The molecule has 0 saturated heterocycles. The maximum atomic E-state index is 12.1. The number of rotatable bonds is 5. The molecule has 0 aliphatic carbocycles. The first-order valence-electron chi connectivity index (χ1n) is 6.95. The van der Waals surface area contributed by atoms with E-state index in [1.165, 1.54) is 0 Å². The second-order valence-corrected chi connectivity index (χ2v) is 5.12. The zero-order chi connectivity index (χ0) is 15.2. The number of amides is 1. The third-order valence-electron chi connectivity index (χ3n) is 3.39. The lowest BCUT2D eigenvalue weighted by molar-refractivity contribution is -0.123. The first-order valence-corrected chi connectivity index (χ1v) is 6.95. The fourth-order valence-corrected chi connectivity index (χ4v) is 2.12. The zero-order valence-corrected chi connectivity index (χ0v) is 12.0. The van der Waals surface area contributed by atoms with E-state index in [1.54, 1.807) is 24.3 Å². The molecule has 110 valence electrons. The van der Waals surface area contributed by atoms with E-state index >= 15 is 0 Å². The normalized spacial score (nSPS) is 13.4. The van der Waals surface area contributed by atoms with Crippen molar-refractivity contribution in [1.82, 2.24) is 5.32 Å². The van der Waals surface area contributed by atoms with Gasteiger partial charge in [0.15, 0.2) is 0 Å². The lowest BCUT2D eigenvalue weighted by atomic mass is 10.0. The van der Waals surface area contributed by atoms with Gasteiger partial charge in [0.05, 0.1) is 12.1 Å². The average Bonchev–Trinajstić information content (AvgIpc) is 2.50. The van der Waals surface area contributed by atoms with Crippen LogP contribution in [0.4, 0.5) is 0 Å². The van der Waals surface area contributed by atoms with E-state index in [-0.39, 0.29) is 17.7 Å². The van der Waals surface area contributed by atoms with E-state index in [0.29, 0.717) is 6.42 Å². The summed E-state index contributed by atoms with van der Waals surface area (Å²) < 4.78 is 0. The summed E-state index contributed by atoms with van der Waals surface area (Å²) in [4.78, 5) is 12.1. The van der Waals surface area contributed by atoms with Crippen LogP contribution in [0.5, 0.6) is 5.75 Å². The minimum absolute atomic E-state index is 0.0791. The number of phenols is 1. The molecule has 0 aliphatic rings. The van der Waals surface area contributed by atoms with Crippen LogP contribution in [0, 0.1) is 0 Å². The summed E-state index contributed by atoms with van der Waals surface area (Å²) in [6.45, 7) is 1.93. The molecule has 4 N–H and O–H groups in total. The molecule has 4 nitrogen and oxygen atoms in total. The Kier molecular flexibility index (Phi) is 4.95. The second-order valence-electron chi connectivity index (χ2n) is 5.12. The third kappa shape index (κ3) is 4.33. The maximum Gasteiger partial charge on any atom is 0.237 e. The molecule has 21 heavy (non-hydrogen) atoms. The van der Waals surface area contributed by atoms with Gasteiger partial charge in [-0.2, -0.15) is 0 Å². The van der Waals surface area contributed by atoms with Crippen molar-refractivity contribution in [3.8, 4) is 5.75 Å². The second kappa shape index (κ2) is 6.90. The van der Waals surface area contributed by atoms with Crippen LogP contribution in [0.25, 0.3) is 0 Å². The monoisotopic (exact) mass is 284 g/mol. The van der Waals surface area contributed by atoms with Crippen LogP contribution in [0.1, 0.15) is 24.1 Å².